The fourth-order valence-corrected chi connectivity index (χ4v) is 3.88. The highest BCUT2D eigenvalue weighted by molar-refractivity contribution is 5.76. The van der Waals surface area contributed by atoms with Gasteiger partial charge in [-0.1, -0.05) is 0 Å². The van der Waals surface area contributed by atoms with Gasteiger partial charge in [0, 0.05) is 44.3 Å². The van der Waals surface area contributed by atoms with Crippen molar-refractivity contribution < 1.29 is 14.6 Å². The predicted octanol–water partition coefficient (Wildman–Crippen LogP) is -0.237. The number of ether oxygens (including phenoxy) is 1. The number of piperidine rings is 1. The average Bonchev–Trinajstić information content (AvgIpc) is 3.01. The lowest BCUT2D eigenvalue weighted by molar-refractivity contribution is -0.210. The number of carbonyl (C=O) groups is 1. The first-order chi connectivity index (χ1) is 11.5. The molecule has 0 aromatic carbocycles. The third kappa shape index (κ3) is 3.31. The number of hydrogen-bond acceptors (Lipinski definition) is 6. The van der Waals surface area contributed by atoms with Crippen molar-refractivity contribution in [2.75, 3.05) is 26.2 Å². The van der Waals surface area contributed by atoms with Crippen LogP contribution in [0.2, 0.25) is 0 Å². The molecule has 2 fully saturated rings. The number of amides is 1. The molecule has 8 heteroatoms. The van der Waals surface area contributed by atoms with Crippen molar-refractivity contribution in [3.8, 4) is 0 Å². The summed E-state index contributed by atoms with van der Waals surface area (Å²) in [5.74, 6) is 1.57. The van der Waals surface area contributed by atoms with Gasteiger partial charge in [0.1, 0.15) is 5.82 Å². The Morgan fingerprint density at radius 2 is 2.25 bits per heavy atom. The minimum absolute atomic E-state index is 0.0736. The largest absolute Gasteiger partial charge is 0.392 e. The number of aryl methyl sites for hydroxylation is 2. The number of aliphatic hydroxyl groups excluding tert-OH is 1. The van der Waals surface area contributed by atoms with Gasteiger partial charge in [-0.2, -0.15) is 5.10 Å². The average molecular weight is 337 g/mol. The molecule has 3 rings (SSSR count). The molecule has 1 aromatic heterocycles. The second-order valence-electron chi connectivity index (χ2n) is 6.85. The van der Waals surface area contributed by atoms with E-state index in [-0.39, 0.29) is 23.5 Å². The SMILES string of the molecule is Cc1nc(CCC(=O)N2CCC3(CC2)[C@H](O)C[C@@H]3OCCN)n[nH]1. The minimum atomic E-state index is -0.325. The van der Waals surface area contributed by atoms with E-state index < -0.39 is 0 Å². The maximum absolute atomic E-state index is 12.4. The van der Waals surface area contributed by atoms with Gasteiger partial charge in [0.05, 0.1) is 18.8 Å². The van der Waals surface area contributed by atoms with Crippen LogP contribution in [0.1, 0.15) is 37.3 Å². The summed E-state index contributed by atoms with van der Waals surface area (Å²) in [5.41, 5.74) is 5.31. The zero-order chi connectivity index (χ0) is 17.2. The third-order valence-electron chi connectivity index (χ3n) is 5.43. The smallest absolute Gasteiger partial charge is 0.223 e. The molecule has 1 saturated heterocycles. The molecule has 1 saturated carbocycles. The molecule has 1 amide bonds. The fourth-order valence-electron chi connectivity index (χ4n) is 3.88. The van der Waals surface area contributed by atoms with E-state index in [1.807, 2.05) is 11.8 Å². The number of nitrogens with one attached hydrogen (secondary N) is 1. The molecule has 24 heavy (non-hydrogen) atoms. The minimum Gasteiger partial charge on any atom is -0.392 e. The summed E-state index contributed by atoms with van der Waals surface area (Å²) in [6, 6.07) is 0. The van der Waals surface area contributed by atoms with E-state index in [2.05, 4.69) is 15.2 Å². The molecule has 0 bridgehead atoms. The fraction of sp³-hybridized carbons (Fsp3) is 0.812. The van der Waals surface area contributed by atoms with Gasteiger partial charge in [-0.25, -0.2) is 4.98 Å². The Morgan fingerprint density at radius 1 is 1.50 bits per heavy atom. The molecule has 2 heterocycles. The first-order valence-corrected chi connectivity index (χ1v) is 8.70. The first kappa shape index (κ1) is 17.3. The van der Waals surface area contributed by atoms with E-state index in [0.29, 0.717) is 51.3 Å². The molecular formula is C16H27N5O3. The summed E-state index contributed by atoms with van der Waals surface area (Å²) in [4.78, 5) is 18.5. The number of hydrogen-bond donors (Lipinski definition) is 3. The number of nitrogens with two attached hydrogens (primary N) is 1. The Morgan fingerprint density at radius 3 is 2.83 bits per heavy atom. The highest BCUT2D eigenvalue weighted by Crippen LogP contribution is 2.50. The van der Waals surface area contributed by atoms with Crippen LogP contribution < -0.4 is 5.73 Å². The number of nitrogens with zero attached hydrogens (tertiary/aromatic N) is 3. The van der Waals surface area contributed by atoms with Gasteiger partial charge in [-0.3, -0.25) is 9.89 Å². The molecule has 1 aromatic rings. The summed E-state index contributed by atoms with van der Waals surface area (Å²) < 4.78 is 5.79. The number of rotatable bonds is 6. The second kappa shape index (κ2) is 7.16. The summed E-state index contributed by atoms with van der Waals surface area (Å²) in [6.45, 7) is 4.21. The van der Waals surface area contributed by atoms with E-state index in [9.17, 15) is 9.90 Å². The predicted molar refractivity (Wildman–Crippen MR) is 87.1 cm³/mol. The topological polar surface area (TPSA) is 117 Å². The number of carbonyl (C=O) groups excluding carboxylic acids is 1. The van der Waals surface area contributed by atoms with Gasteiger partial charge < -0.3 is 20.5 Å². The van der Waals surface area contributed by atoms with Crippen LogP contribution in [0.3, 0.4) is 0 Å². The summed E-state index contributed by atoms with van der Waals surface area (Å²) >= 11 is 0. The number of H-pyrrole nitrogens is 1. The van der Waals surface area contributed by atoms with Gasteiger partial charge in [0.2, 0.25) is 5.91 Å². The zero-order valence-corrected chi connectivity index (χ0v) is 14.2. The van der Waals surface area contributed by atoms with Crippen molar-refractivity contribution in [2.45, 2.75) is 51.2 Å². The molecule has 2 atom stereocenters. The van der Waals surface area contributed by atoms with E-state index in [0.717, 1.165) is 18.7 Å². The molecule has 1 aliphatic carbocycles. The van der Waals surface area contributed by atoms with Gasteiger partial charge >= 0.3 is 0 Å². The molecule has 0 radical (unpaired) electrons. The lowest BCUT2D eigenvalue weighted by Crippen LogP contribution is -2.62. The quantitative estimate of drug-likeness (QED) is 0.660. The van der Waals surface area contributed by atoms with Crippen LogP contribution >= 0.6 is 0 Å². The lowest BCUT2D eigenvalue weighted by Gasteiger charge is -2.56. The van der Waals surface area contributed by atoms with Crippen molar-refractivity contribution in [3.05, 3.63) is 11.6 Å². The molecular weight excluding hydrogens is 310 g/mol. The summed E-state index contributed by atoms with van der Waals surface area (Å²) in [5, 5.41) is 17.1. The molecule has 1 spiro atoms. The van der Waals surface area contributed by atoms with Crippen molar-refractivity contribution in [3.63, 3.8) is 0 Å². The molecule has 0 unspecified atom stereocenters. The van der Waals surface area contributed by atoms with Gasteiger partial charge in [0.15, 0.2) is 5.82 Å². The van der Waals surface area contributed by atoms with Crippen molar-refractivity contribution in [1.29, 1.82) is 0 Å². The van der Waals surface area contributed by atoms with Crippen LogP contribution in [-0.2, 0) is 16.0 Å². The van der Waals surface area contributed by atoms with Crippen LogP contribution in [0.5, 0.6) is 0 Å². The number of aromatic amines is 1. The number of aromatic nitrogens is 3. The van der Waals surface area contributed by atoms with Gasteiger partial charge in [0.25, 0.3) is 0 Å². The van der Waals surface area contributed by atoms with E-state index in [4.69, 9.17) is 10.5 Å². The van der Waals surface area contributed by atoms with Crippen molar-refractivity contribution in [1.82, 2.24) is 20.1 Å². The van der Waals surface area contributed by atoms with Crippen LogP contribution in [0.4, 0.5) is 0 Å². The summed E-state index contributed by atoms with van der Waals surface area (Å²) in [6.07, 6.45) is 2.97. The van der Waals surface area contributed by atoms with Crippen LogP contribution in [0.25, 0.3) is 0 Å². The number of aliphatic hydroxyl groups is 1. The Kier molecular flexibility index (Phi) is 5.17. The van der Waals surface area contributed by atoms with Crippen molar-refractivity contribution in [2.24, 2.45) is 11.1 Å². The highest BCUT2D eigenvalue weighted by Gasteiger charge is 2.56. The molecule has 8 nitrogen and oxygen atoms in total. The maximum atomic E-state index is 12.4. The van der Waals surface area contributed by atoms with Crippen LogP contribution in [-0.4, -0.2) is 69.5 Å². The van der Waals surface area contributed by atoms with Gasteiger partial charge in [-0.15, -0.1) is 0 Å². The first-order valence-electron chi connectivity index (χ1n) is 8.70. The Bertz CT molecular complexity index is 568. The second-order valence-corrected chi connectivity index (χ2v) is 6.85. The van der Waals surface area contributed by atoms with E-state index in [1.165, 1.54) is 0 Å². The normalized spacial score (nSPS) is 25.7. The summed E-state index contributed by atoms with van der Waals surface area (Å²) in [7, 11) is 0. The Hall–Kier alpha value is -1.51. The van der Waals surface area contributed by atoms with Gasteiger partial charge in [-0.05, 0) is 19.8 Å². The van der Waals surface area contributed by atoms with E-state index >= 15 is 0 Å². The van der Waals surface area contributed by atoms with Crippen LogP contribution in [0.15, 0.2) is 0 Å². The third-order valence-corrected chi connectivity index (χ3v) is 5.43. The number of likely N-dealkylation sites (tertiary alicyclic amines) is 1. The lowest BCUT2D eigenvalue weighted by atomic mass is 9.58. The molecule has 134 valence electrons. The van der Waals surface area contributed by atoms with Crippen molar-refractivity contribution >= 4 is 5.91 Å². The van der Waals surface area contributed by atoms with E-state index in [1.54, 1.807) is 0 Å². The maximum Gasteiger partial charge on any atom is 0.223 e. The molecule has 4 N–H and O–H groups in total. The monoisotopic (exact) mass is 337 g/mol. The Balaban J connectivity index is 1.48. The molecule has 2 aliphatic rings. The van der Waals surface area contributed by atoms with Crippen LogP contribution in [0, 0.1) is 12.3 Å². The Labute approximate surface area is 141 Å². The highest BCUT2D eigenvalue weighted by atomic mass is 16.5. The zero-order valence-electron chi connectivity index (χ0n) is 14.2. The standard InChI is InChI=1S/C16H27N5O3/c1-11-18-14(20-19-11)2-3-15(23)21-7-4-16(5-8-21)12(22)10-13(16)24-9-6-17/h12-13,22H,2-10,17H2,1H3,(H,18,19,20)/t12-,13+/m1/s1. The molecule has 1 aliphatic heterocycles.